The van der Waals surface area contributed by atoms with E-state index in [1.165, 1.54) is 0 Å². The van der Waals surface area contributed by atoms with E-state index in [9.17, 15) is 4.79 Å². The summed E-state index contributed by atoms with van der Waals surface area (Å²) >= 11 is 0. The average molecular weight is 209 g/mol. The van der Waals surface area contributed by atoms with Crippen molar-refractivity contribution in [2.75, 3.05) is 6.54 Å². The van der Waals surface area contributed by atoms with Crippen LogP contribution in [0.15, 0.2) is 12.4 Å². The minimum atomic E-state index is -0.350. The van der Waals surface area contributed by atoms with Gasteiger partial charge in [-0.3, -0.25) is 4.68 Å². The largest absolute Gasteiger partial charge is 0.439 e. The lowest BCUT2D eigenvalue weighted by atomic mass is 10.2. The van der Waals surface area contributed by atoms with Gasteiger partial charge < -0.3 is 10.1 Å². The molecule has 0 bridgehead atoms. The van der Waals surface area contributed by atoms with Crippen LogP contribution in [0.3, 0.4) is 0 Å². The van der Waals surface area contributed by atoms with Crippen LogP contribution in [-0.4, -0.2) is 22.4 Å². The fourth-order valence-corrected chi connectivity index (χ4v) is 1.59. The van der Waals surface area contributed by atoms with Crippen LogP contribution in [0, 0.1) is 5.92 Å². The Bertz CT molecular complexity index is 359. The molecule has 1 amide bonds. The van der Waals surface area contributed by atoms with E-state index in [0.717, 1.165) is 12.1 Å². The van der Waals surface area contributed by atoms with Gasteiger partial charge >= 0.3 is 6.09 Å². The Kier molecular flexibility index (Phi) is 2.62. The van der Waals surface area contributed by atoms with E-state index in [2.05, 4.69) is 24.3 Å². The first-order chi connectivity index (χ1) is 7.15. The van der Waals surface area contributed by atoms with Gasteiger partial charge in [-0.2, -0.15) is 5.10 Å². The zero-order valence-corrected chi connectivity index (χ0v) is 8.93. The topological polar surface area (TPSA) is 56.2 Å². The molecule has 1 unspecified atom stereocenters. The molecule has 5 heteroatoms. The molecule has 1 aliphatic heterocycles. The van der Waals surface area contributed by atoms with Crippen molar-refractivity contribution in [1.82, 2.24) is 15.1 Å². The number of carbonyl (C=O) groups excluding carboxylic acids is 1. The minimum Gasteiger partial charge on any atom is -0.439 e. The second kappa shape index (κ2) is 3.92. The molecule has 82 valence electrons. The van der Waals surface area contributed by atoms with Gasteiger partial charge in [-0.1, -0.05) is 13.8 Å². The van der Waals surface area contributed by atoms with E-state index in [0.29, 0.717) is 12.5 Å². The number of aromatic nitrogens is 2. The Hall–Kier alpha value is -1.52. The predicted octanol–water partition coefficient (Wildman–Crippen LogP) is 1.32. The highest BCUT2D eigenvalue weighted by Crippen LogP contribution is 2.20. The highest BCUT2D eigenvalue weighted by atomic mass is 16.6. The summed E-state index contributed by atoms with van der Waals surface area (Å²) in [6.07, 6.45) is 3.16. The molecule has 1 aliphatic rings. The first kappa shape index (κ1) is 10.0. The van der Waals surface area contributed by atoms with Gasteiger partial charge in [0.25, 0.3) is 0 Å². The van der Waals surface area contributed by atoms with Crippen LogP contribution < -0.4 is 5.32 Å². The second-order valence-electron chi connectivity index (χ2n) is 4.16. The zero-order valence-electron chi connectivity index (χ0n) is 8.93. The third-order valence-electron chi connectivity index (χ3n) is 2.26. The monoisotopic (exact) mass is 209 g/mol. The molecular formula is C10H15N3O2. The van der Waals surface area contributed by atoms with Crippen LogP contribution >= 0.6 is 0 Å². The molecule has 1 fully saturated rings. The maximum absolute atomic E-state index is 10.9. The fourth-order valence-electron chi connectivity index (χ4n) is 1.59. The highest BCUT2D eigenvalue weighted by Gasteiger charge is 2.25. The van der Waals surface area contributed by atoms with Gasteiger partial charge in [0, 0.05) is 18.3 Å². The Morgan fingerprint density at radius 1 is 1.73 bits per heavy atom. The molecule has 1 aromatic rings. The smallest absolute Gasteiger partial charge is 0.407 e. The number of hydrogen-bond acceptors (Lipinski definition) is 3. The number of hydrogen-bond donors (Lipinski definition) is 1. The number of nitrogens with one attached hydrogen (secondary N) is 1. The fraction of sp³-hybridized carbons (Fsp3) is 0.600. The number of carbonyl (C=O) groups is 1. The molecule has 0 aliphatic carbocycles. The molecule has 1 saturated heterocycles. The number of cyclic esters (lactones) is 1. The normalized spacial score (nSPS) is 20.5. The summed E-state index contributed by atoms with van der Waals surface area (Å²) in [5.41, 5.74) is 0.953. The number of alkyl carbamates (subject to hydrolysis) is 1. The molecule has 2 heterocycles. The number of rotatable bonds is 3. The van der Waals surface area contributed by atoms with E-state index in [4.69, 9.17) is 4.74 Å². The summed E-state index contributed by atoms with van der Waals surface area (Å²) in [6, 6.07) is 0. The van der Waals surface area contributed by atoms with Gasteiger partial charge in [0.2, 0.25) is 0 Å². The van der Waals surface area contributed by atoms with Gasteiger partial charge in [-0.05, 0) is 5.92 Å². The highest BCUT2D eigenvalue weighted by molar-refractivity contribution is 5.69. The summed E-state index contributed by atoms with van der Waals surface area (Å²) in [5, 5.41) is 6.84. The van der Waals surface area contributed by atoms with Gasteiger partial charge in [-0.15, -0.1) is 0 Å². The van der Waals surface area contributed by atoms with E-state index in [1.807, 2.05) is 10.9 Å². The Labute approximate surface area is 88.4 Å². The summed E-state index contributed by atoms with van der Waals surface area (Å²) in [5.74, 6) is 0.557. The molecular weight excluding hydrogens is 194 g/mol. The lowest BCUT2D eigenvalue weighted by Crippen LogP contribution is -2.12. The van der Waals surface area contributed by atoms with Gasteiger partial charge in [0.05, 0.1) is 12.7 Å². The quantitative estimate of drug-likeness (QED) is 0.816. The van der Waals surface area contributed by atoms with Crippen molar-refractivity contribution < 1.29 is 9.53 Å². The SMILES string of the molecule is CC(C)Cn1cc(C2CNC(=O)O2)cn1. The molecule has 0 aromatic carbocycles. The van der Waals surface area contributed by atoms with E-state index < -0.39 is 0 Å². The van der Waals surface area contributed by atoms with Crippen molar-refractivity contribution >= 4 is 6.09 Å². The van der Waals surface area contributed by atoms with Crippen molar-refractivity contribution in [3.8, 4) is 0 Å². The predicted molar refractivity (Wildman–Crippen MR) is 54.3 cm³/mol. The standard InChI is InChI=1S/C10H15N3O2/c1-7(2)5-13-6-8(3-12-13)9-4-11-10(14)15-9/h3,6-7,9H,4-5H2,1-2H3,(H,11,14). The molecule has 0 saturated carbocycles. The van der Waals surface area contributed by atoms with Crippen LogP contribution in [0.4, 0.5) is 4.79 Å². The molecule has 0 spiro atoms. The third kappa shape index (κ3) is 2.29. The van der Waals surface area contributed by atoms with Gasteiger partial charge in [0.1, 0.15) is 6.10 Å². The molecule has 1 atom stereocenters. The van der Waals surface area contributed by atoms with Crippen LogP contribution in [0.5, 0.6) is 0 Å². The first-order valence-electron chi connectivity index (χ1n) is 5.12. The molecule has 5 nitrogen and oxygen atoms in total. The van der Waals surface area contributed by atoms with Crippen molar-refractivity contribution in [2.24, 2.45) is 5.92 Å². The van der Waals surface area contributed by atoms with E-state index in [-0.39, 0.29) is 12.2 Å². The Balaban J connectivity index is 2.03. The van der Waals surface area contributed by atoms with Crippen molar-refractivity contribution in [1.29, 1.82) is 0 Å². The van der Waals surface area contributed by atoms with Gasteiger partial charge in [0.15, 0.2) is 0 Å². The van der Waals surface area contributed by atoms with E-state index in [1.54, 1.807) is 6.20 Å². The summed E-state index contributed by atoms with van der Waals surface area (Å²) in [4.78, 5) is 10.9. The summed E-state index contributed by atoms with van der Waals surface area (Å²) in [6.45, 7) is 5.69. The second-order valence-corrected chi connectivity index (χ2v) is 4.16. The average Bonchev–Trinajstić information content (AvgIpc) is 2.72. The lowest BCUT2D eigenvalue weighted by molar-refractivity contribution is 0.141. The molecule has 15 heavy (non-hydrogen) atoms. The Morgan fingerprint density at radius 2 is 2.53 bits per heavy atom. The molecule has 0 radical (unpaired) electrons. The molecule has 1 aromatic heterocycles. The maximum Gasteiger partial charge on any atom is 0.407 e. The lowest BCUT2D eigenvalue weighted by Gasteiger charge is -2.05. The van der Waals surface area contributed by atoms with Crippen molar-refractivity contribution in [2.45, 2.75) is 26.5 Å². The van der Waals surface area contributed by atoms with Crippen LogP contribution in [0.25, 0.3) is 0 Å². The summed E-state index contributed by atoms with van der Waals surface area (Å²) in [7, 11) is 0. The van der Waals surface area contributed by atoms with Crippen molar-refractivity contribution in [3.63, 3.8) is 0 Å². The van der Waals surface area contributed by atoms with Crippen LogP contribution in [0.2, 0.25) is 0 Å². The zero-order chi connectivity index (χ0) is 10.8. The molecule has 2 rings (SSSR count). The van der Waals surface area contributed by atoms with Gasteiger partial charge in [-0.25, -0.2) is 4.79 Å². The molecule has 1 N–H and O–H groups in total. The number of nitrogens with zero attached hydrogens (tertiary/aromatic N) is 2. The van der Waals surface area contributed by atoms with E-state index >= 15 is 0 Å². The first-order valence-corrected chi connectivity index (χ1v) is 5.12. The maximum atomic E-state index is 10.9. The van der Waals surface area contributed by atoms with Crippen LogP contribution in [0.1, 0.15) is 25.5 Å². The van der Waals surface area contributed by atoms with Crippen LogP contribution in [-0.2, 0) is 11.3 Å². The summed E-state index contributed by atoms with van der Waals surface area (Å²) < 4.78 is 6.94. The number of ether oxygens (including phenoxy) is 1. The Morgan fingerprint density at radius 3 is 3.13 bits per heavy atom. The minimum absolute atomic E-state index is 0.182. The van der Waals surface area contributed by atoms with Crippen molar-refractivity contribution in [3.05, 3.63) is 18.0 Å². The number of amides is 1. The third-order valence-corrected chi connectivity index (χ3v) is 2.26.